The number of benzene rings is 3. The van der Waals surface area contributed by atoms with Crippen molar-refractivity contribution in [2.45, 2.75) is 6.92 Å². The molecule has 3 rings (SSSR count). The summed E-state index contributed by atoms with van der Waals surface area (Å²) in [6, 6.07) is 33.0. The van der Waals surface area contributed by atoms with E-state index in [1.54, 1.807) is 0 Å². The Labute approximate surface area is 179 Å². The Kier molecular flexibility index (Phi) is 23.4. The van der Waals surface area contributed by atoms with E-state index in [-0.39, 0.29) is 52.7 Å². The first-order valence-electron chi connectivity index (χ1n) is 7.43. The van der Waals surface area contributed by atoms with E-state index in [0.717, 1.165) is 6.16 Å². The summed E-state index contributed by atoms with van der Waals surface area (Å²) in [6.07, 6.45) is 1.14. The van der Waals surface area contributed by atoms with Gasteiger partial charge >= 0.3 is 24.4 Å². The van der Waals surface area contributed by atoms with Gasteiger partial charge in [-0.3, -0.25) is 28.2 Å². The summed E-state index contributed by atoms with van der Waals surface area (Å²) < 4.78 is 0. The van der Waals surface area contributed by atoms with Crippen LogP contribution in [0.25, 0.3) is 0 Å². The average molecular weight is 536 g/mol. The molecule has 0 aliphatic heterocycles. The summed E-state index contributed by atoms with van der Waals surface area (Å²) >= 11 is 0. The molecule has 0 amide bonds. The molecule has 160 valence electrons. The van der Waals surface area contributed by atoms with Crippen molar-refractivity contribution in [3.05, 3.63) is 91.0 Å². The van der Waals surface area contributed by atoms with E-state index < -0.39 is 7.26 Å². The molecule has 0 bridgehead atoms. The van der Waals surface area contributed by atoms with Crippen molar-refractivity contribution in [2.24, 2.45) is 0 Å². The second kappa shape index (κ2) is 17.6. The second-order valence-electron chi connectivity index (χ2n) is 5.13. The molecule has 0 spiro atoms. The molecule has 8 heteroatoms. The molecule has 0 radical (unpaired) electrons. The summed E-state index contributed by atoms with van der Waals surface area (Å²) in [4.78, 5) is 0. The zero-order chi connectivity index (χ0) is 14.5. The van der Waals surface area contributed by atoms with E-state index >= 15 is 0 Å². The second-order valence-corrected chi connectivity index (χ2v) is 8.93. The minimum absolute atomic E-state index is 0. The van der Waals surface area contributed by atoms with E-state index in [1.165, 1.54) is 15.9 Å². The molecule has 0 saturated carbocycles. The number of rotatable bonds is 4. The third kappa shape index (κ3) is 7.14. The first-order chi connectivity index (χ1) is 10.4. The van der Waals surface area contributed by atoms with Crippen molar-refractivity contribution in [3.8, 4) is 0 Å². The Morgan fingerprint density at radius 1 is 0.464 bits per heavy atom. The Morgan fingerprint density at radius 2 is 0.679 bits per heavy atom. The van der Waals surface area contributed by atoms with E-state index in [2.05, 4.69) is 97.9 Å². The summed E-state index contributed by atoms with van der Waals surface area (Å²) in [5.41, 5.74) is 0. The summed E-state index contributed by atoms with van der Waals surface area (Å²) in [5.74, 6) is 0. The Balaban J connectivity index is -0.000000252. The van der Waals surface area contributed by atoms with Gasteiger partial charge < -0.3 is 0 Å². The van der Waals surface area contributed by atoms with Gasteiger partial charge in [0.25, 0.3) is 0 Å². The van der Waals surface area contributed by atoms with Gasteiger partial charge in [-0.05, 0) is 43.3 Å². The quantitative estimate of drug-likeness (QED) is 0.271. The fourth-order valence-corrected chi connectivity index (χ4v) is 7.08. The van der Waals surface area contributed by atoms with E-state index in [1.807, 2.05) is 0 Å². The predicted octanol–water partition coefficient (Wildman–Crippen LogP) is 3.73. The fraction of sp³-hybridized carbons (Fsp3) is 0.100. The fourth-order valence-electron chi connectivity index (χ4n) is 3.04. The van der Waals surface area contributed by atoms with Crippen LogP contribution in [0.15, 0.2) is 91.0 Å². The molecule has 3 aromatic rings. The Hall–Kier alpha value is -1.51. The van der Waals surface area contributed by atoms with E-state index in [0.29, 0.717) is 0 Å². The topological polar surface area (TPSA) is 0 Å². The van der Waals surface area contributed by atoms with Gasteiger partial charge in [-0.1, -0.05) is 54.6 Å². The van der Waals surface area contributed by atoms with Crippen molar-refractivity contribution in [1.29, 1.82) is 0 Å². The molecule has 0 aliphatic carbocycles. The molecule has 0 fully saturated rings. The monoisotopic (exact) mass is 535 g/mol. The van der Waals surface area contributed by atoms with Gasteiger partial charge in [0.15, 0.2) is 0 Å². The van der Waals surface area contributed by atoms with Crippen LogP contribution in [-0.4, -0.2) is 30.6 Å². The normalized spacial score (nSPS) is 8.46. The molecular weight excluding hydrogens is 507 g/mol. The molecule has 0 atom stereocenters. The molecule has 0 nitrogen and oxygen atoms in total. The van der Waals surface area contributed by atoms with E-state index in [9.17, 15) is 0 Å². The number of hydrogen-bond acceptors (Lipinski definition) is 0. The molecule has 0 N–H and O–H groups in total. The van der Waals surface area contributed by atoms with E-state index in [4.69, 9.17) is 0 Å². The first kappa shape index (κ1) is 37.3. The van der Waals surface area contributed by atoms with Crippen molar-refractivity contribution in [3.63, 3.8) is 0 Å². The molecule has 3 aromatic carbocycles. The van der Waals surface area contributed by atoms with Gasteiger partial charge in [0.05, 0.1) is 6.16 Å². The van der Waals surface area contributed by atoms with Crippen LogP contribution < -0.4 is 15.9 Å². The van der Waals surface area contributed by atoms with Gasteiger partial charge in [0.2, 0.25) is 0 Å². The molecule has 0 unspecified atom stereocenters. The number of halogens is 6. The third-order valence-electron chi connectivity index (χ3n) is 4.07. The van der Waals surface area contributed by atoms with Gasteiger partial charge in [0, 0.05) is 0 Å². The first-order valence-corrected chi connectivity index (χ1v) is 9.40. The zero-order valence-electron chi connectivity index (χ0n) is 15.5. The maximum absolute atomic E-state index is 2.32. The maximum atomic E-state index is 2.32. The van der Waals surface area contributed by atoms with Crippen LogP contribution in [0, 0.1) is 0 Å². The van der Waals surface area contributed by atoms with Crippen LogP contribution in [0.5, 0.6) is 0 Å². The van der Waals surface area contributed by atoms with Crippen molar-refractivity contribution < 1.29 is 28.2 Å². The Bertz CT molecular complexity index is 605. The molecule has 0 heterocycles. The molecule has 0 aromatic heterocycles. The van der Waals surface area contributed by atoms with Gasteiger partial charge in [0.1, 0.15) is 23.2 Å². The summed E-state index contributed by atoms with van der Waals surface area (Å²) in [7, 11) is -1.53. The van der Waals surface area contributed by atoms with Crippen molar-refractivity contribution in [2.75, 3.05) is 6.16 Å². The number of hydrogen-bond donors (Lipinski definition) is 0. The van der Waals surface area contributed by atoms with Crippen LogP contribution in [0.1, 0.15) is 6.92 Å². The van der Waals surface area contributed by atoms with Gasteiger partial charge in [-0.15, -0.1) is 0 Å². The summed E-state index contributed by atoms with van der Waals surface area (Å²) in [5, 5.41) is 4.39. The zero-order valence-corrected chi connectivity index (χ0v) is 20.4. The standard InChI is InChI=1S/C20H20P.6FH.Sb.3H/c1-2-21(18-12-6-3-7-13-18,19-14-8-4-9-15-19)20-16-10-5-11-17-20;;;;;;;;;;/h3-17H,2H2,1H3;6*1H;;;;/q+1;;;;;;;;;;. The van der Waals surface area contributed by atoms with Crippen LogP contribution in [-0.2, 0) is 0 Å². The van der Waals surface area contributed by atoms with Crippen LogP contribution >= 0.6 is 7.26 Å². The molecule has 0 aliphatic rings. The minimum atomic E-state index is -1.53. The van der Waals surface area contributed by atoms with Gasteiger partial charge in [-0.25, -0.2) is 0 Å². The SMILES string of the molecule is CC[P+](c1ccccc1)(c1ccccc1)c1ccccc1.F.F.F.F.F.F.[SbH3]. The van der Waals surface area contributed by atoms with Crippen molar-refractivity contribution >= 4 is 47.6 Å². The van der Waals surface area contributed by atoms with Gasteiger partial charge in [-0.2, -0.15) is 0 Å². The molecule has 0 saturated heterocycles. The molecule has 28 heavy (non-hydrogen) atoms. The van der Waals surface area contributed by atoms with Crippen LogP contribution in [0.4, 0.5) is 28.2 Å². The third-order valence-corrected chi connectivity index (χ3v) is 8.55. The van der Waals surface area contributed by atoms with Crippen LogP contribution in [0.3, 0.4) is 0 Å². The molecular formula is C20H29F6PSb+. The Morgan fingerprint density at radius 3 is 0.857 bits per heavy atom. The average Bonchev–Trinajstić information content (AvgIpc) is 2.59. The predicted molar refractivity (Wildman–Crippen MR) is 121 cm³/mol. The van der Waals surface area contributed by atoms with Crippen LogP contribution in [0.2, 0.25) is 0 Å². The summed E-state index contributed by atoms with van der Waals surface area (Å²) in [6.45, 7) is 2.32. The van der Waals surface area contributed by atoms with Crippen molar-refractivity contribution in [1.82, 2.24) is 0 Å².